The van der Waals surface area contributed by atoms with E-state index in [-0.39, 0.29) is 24.2 Å². The van der Waals surface area contributed by atoms with Crippen LogP contribution in [0.3, 0.4) is 0 Å². The molecule has 2 heterocycles. The highest BCUT2D eigenvalue weighted by Crippen LogP contribution is 2.12. The third-order valence-electron chi connectivity index (χ3n) is 4.63. The quantitative estimate of drug-likeness (QED) is 0.666. The molecular weight excluding hydrogens is 366 g/mol. The van der Waals surface area contributed by atoms with Gasteiger partial charge in [-0.2, -0.15) is 0 Å². The van der Waals surface area contributed by atoms with E-state index in [1.165, 1.54) is 0 Å². The maximum atomic E-state index is 12.2. The molecule has 2 aliphatic heterocycles. The number of carbonyl (C=O) groups excluding carboxylic acids is 2. The minimum absolute atomic E-state index is 0. The molecule has 148 valence electrons. The molecule has 0 radical (unpaired) electrons. The fraction of sp³-hybridized carbons (Fsp3) is 0.474. The molecule has 0 aromatic heterocycles. The number of piperazine rings is 1. The molecule has 0 atom stereocenters. The number of aryl methyl sites for hydroxylation is 1. The van der Waals surface area contributed by atoms with Crippen molar-refractivity contribution in [1.82, 2.24) is 20.4 Å². The van der Waals surface area contributed by atoms with E-state index in [4.69, 9.17) is 0 Å². The van der Waals surface area contributed by atoms with E-state index in [1.807, 2.05) is 46.5 Å². The van der Waals surface area contributed by atoms with Crippen molar-refractivity contribution in [3.8, 4) is 0 Å². The van der Waals surface area contributed by atoms with Crippen molar-refractivity contribution in [3.63, 3.8) is 0 Å². The van der Waals surface area contributed by atoms with Gasteiger partial charge in [-0.1, -0.05) is 12.1 Å². The van der Waals surface area contributed by atoms with E-state index >= 15 is 0 Å². The van der Waals surface area contributed by atoms with Gasteiger partial charge in [0.2, 0.25) is 11.8 Å². The third-order valence-corrected chi connectivity index (χ3v) is 4.63. The first-order valence-electron chi connectivity index (χ1n) is 9.22. The van der Waals surface area contributed by atoms with Crippen LogP contribution in [-0.4, -0.2) is 67.4 Å². The topological polar surface area (TPSA) is 76.7 Å². The maximum absolute atomic E-state index is 12.2. The summed E-state index contributed by atoms with van der Waals surface area (Å²) < 4.78 is 0. The predicted molar refractivity (Wildman–Crippen MR) is 109 cm³/mol. The zero-order valence-corrected chi connectivity index (χ0v) is 16.3. The van der Waals surface area contributed by atoms with Gasteiger partial charge in [0, 0.05) is 63.8 Å². The Kier molecular flexibility index (Phi) is 8.42. The Morgan fingerprint density at radius 2 is 1.78 bits per heavy atom. The Hall–Kier alpha value is -2.25. The Balaban J connectivity index is 0.00000261. The van der Waals surface area contributed by atoms with Gasteiger partial charge in [-0.15, -0.1) is 12.4 Å². The summed E-state index contributed by atoms with van der Waals surface area (Å²) in [5.41, 5.74) is 1.89. The summed E-state index contributed by atoms with van der Waals surface area (Å²) in [5, 5.41) is 9.27. The fourth-order valence-electron chi connectivity index (χ4n) is 3.12. The van der Waals surface area contributed by atoms with E-state index in [0.717, 1.165) is 56.9 Å². The standard InChI is InChI=1S/C19H27N5O2.ClH/c25-18(15-23-11-7-20-8-12-23)22-17-4-1-16(2-5-17)3-6-19(26)24-13-9-21-10-14-24;/h1-2,4-5,7,11,20-21H,3,6,8-10,12-15H2,(H,22,25);1H. The first kappa shape index (κ1) is 21.1. The highest BCUT2D eigenvalue weighted by molar-refractivity contribution is 5.92. The number of hydrogen-bond acceptors (Lipinski definition) is 5. The predicted octanol–water partition coefficient (Wildman–Crippen LogP) is 0.788. The molecule has 2 aliphatic rings. The van der Waals surface area contributed by atoms with E-state index in [9.17, 15) is 9.59 Å². The molecule has 0 unspecified atom stereocenters. The van der Waals surface area contributed by atoms with Gasteiger partial charge in [0.15, 0.2) is 0 Å². The Labute approximate surface area is 166 Å². The summed E-state index contributed by atoms with van der Waals surface area (Å²) in [7, 11) is 0. The van der Waals surface area contributed by atoms with Gasteiger partial charge in [0.05, 0.1) is 6.54 Å². The zero-order valence-electron chi connectivity index (χ0n) is 15.4. The molecule has 3 rings (SSSR count). The second-order valence-electron chi connectivity index (χ2n) is 6.62. The second kappa shape index (κ2) is 10.8. The van der Waals surface area contributed by atoms with Crippen LogP contribution in [0.15, 0.2) is 36.7 Å². The third kappa shape index (κ3) is 6.77. The summed E-state index contributed by atoms with van der Waals surface area (Å²) in [5.74, 6) is 0.186. The monoisotopic (exact) mass is 393 g/mol. The number of nitrogens with one attached hydrogen (secondary N) is 3. The minimum Gasteiger partial charge on any atom is -0.388 e. The normalized spacial score (nSPS) is 16.3. The summed E-state index contributed by atoms with van der Waals surface area (Å²) >= 11 is 0. The molecule has 7 nitrogen and oxygen atoms in total. The first-order valence-corrected chi connectivity index (χ1v) is 9.22. The molecule has 1 fully saturated rings. The summed E-state index contributed by atoms with van der Waals surface area (Å²) in [6.45, 7) is 5.38. The molecule has 0 saturated carbocycles. The maximum Gasteiger partial charge on any atom is 0.243 e. The summed E-state index contributed by atoms with van der Waals surface area (Å²) in [6.07, 6.45) is 5.00. The Morgan fingerprint density at radius 3 is 2.44 bits per heavy atom. The average molecular weight is 394 g/mol. The number of halogens is 1. The van der Waals surface area contributed by atoms with Gasteiger partial charge >= 0.3 is 0 Å². The van der Waals surface area contributed by atoms with Crippen molar-refractivity contribution in [3.05, 3.63) is 42.2 Å². The Morgan fingerprint density at radius 1 is 1.04 bits per heavy atom. The van der Waals surface area contributed by atoms with Crippen LogP contribution in [0.2, 0.25) is 0 Å². The van der Waals surface area contributed by atoms with Gasteiger partial charge in [-0.25, -0.2) is 0 Å². The number of carbonyl (C=O) groups is 2. The van der Waals surface area contributed by atoms with Crippen molar-refractivity contribution in [2.75, 3.05) is 51.1 Å². The highest BCUT2D eigenvalue weighted by atomic mass is 35.5. The number of nitrogens with zero attached hydrogens (tertiary/aromatic N) is 2. The van der Waals surface area contributed by atoms with Crippen LogP contribution < -0.4 is 16.0 Å². The lowest BCUT2D eigenvalue weighted by molar-refractivity contribution is -0.131. The van der Waals surface area contributed by atoms with Crippen LogP contribution in [-0.2, 0) is 16.0 Å². The number of benzene rings is 1. The molecule has 0 bridgehead atoms. The summed E-state index contributed by atoms with van der Waals surface area (Å²) in [6, 6.07) is 7.75. The number of rotatable bonds is 6. The first-order chi connectivity index (χ1) is 12.7. The van der Waals surface area contributed by atoms with Gasteiger partial charge in [0.25, 0.3) is 0 Å². The fourth-order valence-corrected chi connectivity index (χ4v) is 3.12. The molecule has 2 amide bonds. The van der Waals surface area contributed by atoms with Gasteiger partial charge in [-0.05, 0) is 24.1 Å². The average Bonchev–Trinajstić information content (AvgIpc) is 2.68. The summed E-state index contributed by atoms with van der Waals surface area (Å²) in [4.78, 5) is 28.2. The van der Waals surface area contributed by atoms with Crippen LogP contribution in [0.25, 0.3) is 0 Å². The van der Waals surface area contributed by atoms with Crippen LogP contribution in [0, 0.1) is 0 Å². The number of amides is 2. The van der Waals surface area contributed by atoms with Crippen molar-refractivity contribution < 1.29 is 9.59 Å². The second-order valence-corrected chi connectivity index (χ2v) is 6.62. The van der Waals surface area contributed by atoms with Crippen molar-refractivity contribution >= 4 is 29.9 Å². The highest BCUT2D eigenvalue weighted by Gasteiger charge is 2.15. The van der Waals surface area contributed by atoms with E-state index in [0.29, 0.717) is 13.0 Å². The molecule has 0 aliphatic carbocycles. The van der Waals surface area contributed by atoms with Crippen molar-refractivity contribution in [2.24, 2.45) is 0 Å². The lowest BCUT2D eigenvalue weighted by Crippen LogP contribution is -2.46. The molecule has 1 aromatic carbocycles. The van der Waals surface area contributed by atoms with E-state index in [1.54, 1.807) is 0 Å². The number of anilines is 1. The lowest BCUT2D eigenvalue weighted by atomic mass is 10.1. The van der Waals surface area contributed by atoms with E-state index in [2.05, 4.69) is 16.0 Å². The SMILES string of the molecule is Cl.O=C(CN1C=CNCC1)Nc1ccc(CCC(=O)N2CCNCC2)cc1. The molecular formula is C19H28ClN5O2. The van der Waals surface area contributed by atoms with Crippen molar-refractivity contribution in [1.29, 1.82) is 0 Å². The van der Waals surface area contributed by atoms with Crippen LogP contribution >= 0.6 is 12.4 Å². The molecule has 1 aromatic rings. The molecule has 0 spiro atoms. The number of hydrogen-bond donors (Lipinski definition) is 3. The smallest absolute Gasteiger partial charge is 0.243 e. The van der Waals surface area contributed by atoms with Gasteiger partial charge < -0.3 is 25.8 Å². The molecule has 27 heavy (non-hydrogen) atoms. The molecule has 8 heteroatoms. The van der Waals surface area contributed by atoms with Crippen molar-refractivity contribution in [2.45, 2.75) is 12.8 Å². The molecule has 3 N–H and O–H groups in total. The van der Waals surface area contributed by atoms with Crippen LogP contribution in [0.1, 0.15) is 12.0 Å². The lowest BCUT2D eigenvalue weighted by Gasteiger charge is -2.27. The minimum atomic E-state index is -0.0295. The van der Waals surface area contributed by atoms with Crippen LogP contribution in [0.4, 0.5) is 5.69 Å². The largest absolute Gasteiger partial charge is 0.388 e. The van der Waals surface area contributed by atoms with E-state index < -0.39 is 0 Å². The Bertz CT molecular complexity index is 644. The molecule has 1 saturated heterocycles. The van der Waals surface area contributed by atoms with Crippen LogP contribution in [0.5, 0.6) is 0 Å². The zero-order chi connectivity index (χ0) is 18.2. The van der Waals surface area contributed by atoms with Gasteiger partial charge in [-0.3, -0.25) is 9.59 Å². The van der Waals surface area contributed by atoms with Gasteiger partial charge in [0.1, 0.15) is 0 Å².